The topological polar surface area (TPSA) is 44.1 Å². The smallest absolute Gasteiger partial charge is 0.290 e. The molecule has 0 saturated heterocycles. The Balaban J connectivity index is 1.98. The lowest BCUT2D eigenvalue weighted by atomic mass is 10.3. The predicted octanol–water partition coefficient (Wildman–Crippen LogP) is 1.81. The highest BCUT2D eigenvalue weighted by molar-refractivity contribution is 6.29. The fourth-order valence-electron chi connectivity index (χ4n) is 1.76. The monoisotopic (exact) mass is 228 g/mol. The van der Waals surface area contributed by atoms with E-state index in [0.29, 0.717) is 6.10 Å². The van der Waals surface area contributed by atoms with Gasteiger partial charge in [-0.15, -0.1) is 0 Å². The van der Waals surface area contributed by atoms with Crippen LogP contribution in [0.1, 0.15) is 25.7 Å². The maximum absolute atomic E-state index is 11.5. The maximum Gasteiger partial charge on any atom is 0.290 e. The molecule has 0 amide bonds. The first-order valence-electron chi connectivity index (χ1n) is 5.10. The number of halogens is 1. The molecule has 1 aromatic heterocycles. The van der Waals surface area contributed by atoms with Gasteiger partial charge in [0.05, 0.1) is 6.10 Å². The van der Waals surface area contributed by atoms with Crippen molar-refractivity contribution < 1.29 is 4.74 Å². The molecule has 5 heteroatoms. The average molecular weight is 229 g/mol. The Labute approximate surface area is 92.8 Å². The van der Waals surface area contributed by atoms with Crippen LogP contribution in [0.4, 0.5) is 0 Å². The molecule has 0 atom stereocenters. The summed E-state index contributed by atoms with van der Waals surface area (Å²) in [4.78, 5) is 15.2. The molecule has 1 heterocycles. The first-order chi connectivity index (χ1) is 7.27. The number of nitrogens with zero attached hydrogens (tertiary/aromatic N) is 2. The standard InChI is InChI=1S/C10H13ClN2O2/c11-9-10(14)13(6-5-12-9)7-15-8-3-1-2-4-8/h5-6,8H,1-4,7H2. The number of hydrogen-bond donors (Lipinski definition) is 0. The van der Waals surface area contributed by atoms with E-state index in [1.807, 2.05) is 0 Å². The second-order valence-corrected chi connectivity index (χ2v) is 4.05. The van der Waals surface area contributed by atoms with E-state index in [-0.39, 0.29) is 17.4 Å². The van der Waals surface area contributed by atoms with Gasteiger partial charge < -0.3 is 4.74 Å². The molecule has 0 bridgehead atoms. The van der Waals surface area contributed by atoms with Crippen molar-refractivity contribution in [3.63, 3.8) is 0 Å². The van der Waals surface area contributed by atoms with Crippen molar-refractivity contribution in [2.75, 3.05) is 0 Å². The van der Waals surface area contributed by atoms with Gasteiger partial charge in [0.25, 0.3) is 5.56 Å². The molecule has 0 aliphatic heterocycles. The van der Waals surface area contributed by atoms with Crippen LogP contribution in [-0.4, -0.2) is 15.7 Å². The summed E-state index contributed by atoms with van der Waals surface area (Å²) in [6.45, 7) is 0.270. The minimum absolute atomic E-state index is 0.00692. The van der Waals surface area contributed by atoms with Crippen LogP contribution in [0.3, 0.4) is 0 Å². The molecule has 0 radical (unpaired) electrons. The van der Waals surface area contributed by atoms with Gasteiger partial charge in [0.1, 0.15) is 6.73 Å². The molecule has 15 heavy (non-hydrogen) atoms. The van der Waals surface area contributed by atoms with Gasteiger partial charge in [-0.2, -0.15) is 0 Å². The van der Waals surface area contributed by atoms with E-state index in [0.717, 1.165) is 12.8 Å². The van der Waals surface area contributed by atoms with Crippen molar-refractivity contribution in [3.05, 3.63) is 27.9 Å². The molecule has 0 N–H and O–H groups in total. The van der Waals surface area contributed by atoms with Crippen LogP contribution in [0, 0.1) is 0 Å². The van der Waals surface area contributed by atoms with Crippen molar-refractivity contribution in [2.45, 2.75) is 38.5 Å². The summed E-state index contributed by atoms with van der Waals surface area (Å²) in [5, 5.41) is -0.00692. The zero-order valence-electron chi connectivity index (χ0n) is 8.36. The summed E-state index contributed by atoms with van der Waals surface area (Å²) in [7, 11) is 0. The van der Waals surface area contributed by atoms with Gasteiger partial charge in [-0.25, -0.2) is 4.98 Å². The van der Waals surface area contributed by atoms with Gasteiger partial charge in [-0.05, 0) is 12.8 Å². The van der Waals surface area contributed by atoms with E-state index in [1.165, 1.54) is 23.6 Å². The van der Waals surface area contributed by atoms with Crippen LogP contribution < -0.4 is 5.56 Å². The number of ether oxygens (including phenoxy) is 1. The Hall–Kier alpha value is -0.870. The molecule has 0 aromatic carbocycles. The van der Waals surface area contributed by atoms with Crippen molar-refractivity contribution in [1.82, 2.24) is 9.55 Å². The van der Waals surface area contributed by atoms with Crippen LogP contribution in [0.2, 0.25) is 5.15 Å². The third-order valence-corrected chi connectivity index (χ3v) is 2.88. The molecule has 1 aliphatic carbocycles. The molecule has 0 unspecified atom stereocenters. The second kappa shape index (κ2) is 4.77. The lowest BCUT2D eigenvalue weighted by molar-refractivity contribution is 0.00966. The summed E-state index contributed by atoms with van der Waals surface area (Å²) in [5.74, 6) is 0. The normalized spacial score (nSPS) is 17.1. The molecule has 1 aromatic rings. The Bertz CT molecular complexity index is 385. The van der Waals surface area contributed by atoms with Crippen molar-refractivity contribution >= 4 is 11.6 Å². The first kappa shape index (κ1) is 10.6. The summed E-state index contributed by atoms with van der Waals surface area (Å²) in [5.41, 5.74) is -0.294. The molecule has 1 fully saturated rings. The lowest BCUT2D eigenvalue weighted by Crippen LogP contribution is -2.24. The summed E-state index contributed by atoms with van der Waals surface area (Å²) in [6, 6.07) is 0. The molecule has 2 rings (SSSR count). The third kappa shape index (κ3) is 2.58. The SMILES string of the molecule is O=c1c(Cl)nccn1COC1CCCC1. The molecule has 1 aliphatic rings. The van der Waals surface area contributed by atoms with E-state index in [9.17, 15) is 4.79 Å². The Morgan fingerprint density at radius 2 is 2.27 bits per heavy atom. The van der Waals surface area contributed by atoms with Gasteiger partial charge >= 0.3 is 0 Å². The van der Waals surface area contributed by atoms with Crippen LogP contribution in [0.5, 0.6) is 0 Å². The highest BCUT2D eigenvalue weighted by atomic mass is 35.5. The van der Waals surface area contributed by atoms with Gasteiger partial charge in [0.2, 0.25) is 0 Å². The summed E-state index contributed by atoms with van der Waals surface area (Å²) >= 11 is 5.61. The number of hydrogen-bond acceptors (Lipinski definition) is 3. The molecular weight excluding hydrogens is 216 g/mol. The Morgan fingerprint density at radius 3 is 3.00 bits per heavy atom. The van der Waals surface area contributed by atoms with E-state index in [2.05, 4.69) is 4.98 Å². The van der Waals surface area contributed by atoms with Crippen LogP contribution in [-0.2, 0) is 11.5 Å². The highest BCUT2D eigenvalue weighted by Gasteiger charge is 2.15. The number of aromatic nitrogens is 2. The second-order valence-electron chi connectivity index (χ2n) is 3.70. The summed E-state index contributed by atoms with van der Waals surface area (Å²) in [6.07, 6.45) is 8.00. The quantitative estimate of drug-likeness (QED) is 0.793. The van der Waals surface area contributed by atoms with Gasteiger partial charge in [-0.3, -0.25) is 9.36 Å². The van der Waals surface area contributed by atoms with Crippen molar-refractivity contribution in [2.24, 2.45) is 0 Å². The van der Waals surface area contributed by atoms with Gasteiger partial charge in [-0.1, -0.05) is 24.4 Å². The van der Waals surface area contributed by atoms with Crippen LogP contribution in [0.15, 0.2) is 17.2 Å². The molecule has 0 spiro atoms. The first-order valence-corrected chi connectivity index (χ1v) is 5.48. The van der Waals surface area contributed by atoms with Crippen LogP contribution in [0.25, 0.3) is 0 Å². The Kier molecular flexibility index (Phi) is 3.38. The summed E-state index contributed by atoms with van der Waals surface area (Å²) < 4.78 is 7.04. The van der Waals surface area contributed by atoms with Crippen molar-refractivity contribution in [1.29, 1.82) is 0 Å². The molecule has 1 saturated carbocycles. The van der Waals surface area contributed by atoms with E-state index in [4.69, 9.17) is 16.3 Å². The number of rotatable bonds is 3. The largest absolute Gasteiger partial charge is 0.357 e. The van der Waals surface area contributed by atoms with E-state index < -0.39 is 0 Å². The molecule has 82 valence electrons. The Morgan fingerprint density at radius 1 is 1.53 bits per heavy atom. The van der Waals surface area contributed by atoms with Crippen molar-refractivity contribution in [3.8, 4) is 0 Å². The lowest BCUT2D eigenvalue weighted by Gasteiger charge is -2.12. The maximum atomic E-state index is 11.5. The zero-order valence-corrected chi connectivity index (χ0v) is 9.11. The van der Waals surface area contributed by atoms with Gasteiger partial charge in [0.15, 0.2) is 5.15 Å². The predicted molar refractivity (Wildman–Crippen MR) is 56.8 cm³/mol. The van der Waals surface area contributed by atoms with Gasteiger partial charge in [0, 0.05) is 12.4 Å². The minimum atomic E-state index is -0.294. The third-order valence-electron chi connectivity index (χ3n) is 2.62. The highest BCUT2D eigenvalue weighted by Crippen LogP contribution is 2.20. The molecular formula is C10H13ClN2O2. The average Bonchev–Trinajstić information content (AvgIpc) is 2.73. The molecule has 4 nitrogen and oxygen atoms in total. The fourth-order valence-corrected chi connectivity index (χ4v) is 1.93. The minimum Gasteiger partial charge on any atom is -0.357 e. The van der Waals surface area contributed by atoms with Crippen LogP contribution >= 0.6 is 11.6 Å². The van der Waals surface area contributed by atoms with E-state index in [1.54, 1.807) is 6.20 Å². The fraction of sp³-hybridized carbons (Fsp3) is 0.600. The zero-order chi connectivity index (χ0) is 10.7. The van der Waals surface area contributed by atoms with E-state index >= 15 is 0 Å².